The van der Waals surface area contributed by atoms with E-state index in [0.717, 1.165) is 0 Å². The van der Waals surface area contributed by atoms with E-state index in [0.29, 0.717) is 22.3 Å². The maximum atomic E-state index is 14.1. The number of aliphatic hydroxyl groups excluding tert-OH is 1. The summed E-state index contributed by atoms with van der Waals surface area (Å²) >= 11 is 0. The van der Waals surface area contributed by atoms with Crippen molar-refractivity contribution in [3.05, 3.63) is 34.5 Å². The van der Waals surface area contributed by atoms with Crippen LogP contribution in [0.5, 0.6) is 0 Å². The van der Waals surface area contributed by atoms with Gasteiger partial charge in [0.1, 0.15) is 5.82 Å². The average Bonchev–Trinajstić information content (AvgIpc) is 2.61. The molecule has 0 amide bonds. The molecule has 1 saturated heterocycles. The molecule has 1 heterocycles. The fraction of sp³-hybridized carbons (Fsp3) is 0.500. The second-order valence-electron chi connectivity index (χ2n) is 6.70. The first kappa shape index (κ1) is 17.0. The Labute approximate surface area is 131 Å². The Kier molecular flexibility index (Phi) is 4.39. The maximum absolute atomic E-state index is 14.1. The molecule has 120 valence electrons. The lowest BCUT2D eigenvalue weighted by molar-refractivity contribution is 0.00578. The smallest absolute Gasteiger partial charge is 0.400 e. The lowest BCUT2D eigenvalue weighted by Gasteiger charge is -2.32. The minimum absolute atomic E-state index is 0.288. The molecule has 2 rings (SSSR count). The van der Waals surface area contributed by atoms with Gasteiger partial charge in [-0.25, -0.2) is 4.39 Å². The zero-order valence-electron chi connectivity index (χ0n) is 13.7. The molecule has 22 heavy (non-hydrogen) atoms. The fourth-order valence-corrected chi connectivity index (χ4v) is 2.20. The lowest BCUT2D eigenvalue weighted by atomic mass is 9.77. The van der Waals surface area contributed by atoms with Gasteiger partial charge in [-0.3, -0.25) is 0 Å². The van der Waals surface area contributed by atoms with E-state index >= 15 is 0 Å². The number of halogens is 1. The van der Waals surface area contributed by atoms with Crippen LogP contribution in [-0.2, 0) is 9.31 Å². The molecule has 0 atom stereocenters. The highest BCUT2D eigenvalue weighted by molar-refractivity contribution is 6.55. The monoisotopic (exact) mass is 307 g/mol. The minimum atomic E-state index is -0.711. The first-order valence-electron chi connectivity index (χ1n) is 7.30. The number of nitrogens with two attached hydrogens (primary N) is 1. The van der Waals surface area contributed by atoms with Crippen LogP contribution in [0, 0.1) is 12.7 Å². The number of hydrogen-bond donors (Lipinski definition) is 2. The summed E-state index contributed by atoms with van der Waals surface area (Å²) in [5.74, 6) is -0.394. The number of nitrogen functional groups attached to an aromatic ring is 1. The number of rotatable bonds is 3. The first-order valence-corrected chi connectivity index (χ1v) is 7.30. The molecule has 0 radical (unpaired) electrons. The second kappa shape index (κ2) is 5.68. The van der Waals surface area contributed by atoms with Crippen molar-refractivity contribution in [3.63, 3.8) is 0 Å². The van der Waals surface area contributed by atoms with Crippen LogP contribution in [-0.4, -0.2) is 30.0 Å². The molecule has 0 spiro atoms. The molecular formula is C16H23BFNO3. The van der Waals surface area contributed by atoms with Gasteiger partial charge < -0.3 is 20.1 Å². The quantitative estimate of drug-likeness (QED) is 0.666. The van der Waals surface area contributed by atoms with Gasteiger partial charge in [0.25, 0.3) is 0 Å². The van der Waals surface area contributed by atoms with E-state index in [2.05, 4.69) is 0 Å². The van der Waals surface area contributed by atoms with Crippen molar-refractivity contribution in [2.24, 2.45) is 0 Å². The average molecular weight is 307 g/mol. The van der Waals surface area contributed by atoms with E-state index in [4.69, 9.17) is 15.0 Å². The second-order valence-corrected chi connectivity index (χ2v) is 6.70. The largest absolute Gasteiger partial charge is 0.492 e. The Morgan fingerprint density at radius 2 is 1.82 bits per heavy atom. The summed E-state index contributed by atoms with van der Waals surface area (Å²) in [6.07, 6.45) is 1.54. The van der Waals surface area contributed by atoms with Gasteiger partial charge in [-0.2, -0.15) is 0 Å². The Morgan fingerprint density at radius 3 is 2.32 bits per heavy atom. The highest BCUT2D eigenvalue weighted by Gasteiger charge is 2.52. The molecule has 0 saturated carbocycles. The normalized spacial score (nSPS) is 20.5. The van der Waals surface area contributed by atoms with Crippen LogP contribution in [0.1, 0.15) is 38.8 Å². The Bertz CT molecular complexity index is 598. The summed E-state index contributed by atoms with van der Waals surface area (Å²) in [5, 5.41) is 9.62. The predicted molar refractivity (Wildman–Crippen MR) is 86.7 cm³/mol. The third kappa shape index (κ3) is 3.04. The van der Waals surface area contributed by atoms with E-state index in [1.54, 1.807) is 13.0 Å². The predicted octanol–water partition coefficient (Wildman–Crippen LogP) is 2.72. The summed E-state index contributed by atoms with van der Waals surface area (Å²) in [5.41, 5.74) is 6.73. The molecule has 0 unspecified atom stereocenters. The molecular weight excluding hydrogens is 284 g/mol. The van der Waals surface area contributed by atoms with Crippen molar-refractivity contribution in [1.82, 2.24) is 0 Å². The summed E-state index contributed by atoms with van der Waals surface area (Å²) in [4.78, 5) is 0. The van der Waals surface area contributed by atoms with Crippen molar-refractivity contribution in [1.29, 1.82) is 0 Å². The molecule has 0 aromatic heterocycles. The van der Waals surface area contributed by atoms with Gasteiger partial charge in [0, 0.05) is 11.3 Å². The third-order valence-corrected chi connectivity index (χ3v) is 4.46. The number of anilines is 1. The maximum Gasteiger partial charge on any atom is 0.492 e. The Balaban J connectivity index is 2.36. The summed E-state index contributed by atoms with van der Waals surface area (Å²) < 4.78 is 25.8. The van der Waals surface area contributed by atoms with Gasteiger partial charge in [0.15, 0.2) is 0 Å². The molecule has 0 aliphatic carbocycles. The van der Waals surface area contributed by atoms with E-state index < -0.39 is 24.1 Å². The standard InChI is InChI=1S/C16H23BFNO3/c1-10-6-13(18)11(8-14(10)19)7-12(9-20)17-21-15(2,3)16(4,5)22-17/h6-8,20H,9,19H2,1-5H3. The Hall–Kier alpha value is -1.37. The van der Waals surface area contributed by atoms with Crippen molar-refractivity contribution < 1.29 is 18.8 Å². The molecule has 0 bridgehead atoms. The van der Waals surface area contributed by atoms with Crippen LogP contribution in [0.3, 0.4) is 0 Å². The van der Waals surface area contributed by atoms with Crippen LogP contribution >= 0.6 is 0 Å². The minimum Gasteiger partial charge on any atom is -0.400 e. The Morgan fingerprint density at radius 1 is 1.27 bits per heavy atom. The van der Waals surface area contributed by atoms with Gasteiger partial charge >= 0.3 is 7.12 Å². The van der Waals surface area contributed by atoms with Crippen LogP contribution in [0.25, 0.3) is 6.08 Å². The van der Waals surface area contributed by atoms with E-state index in [1.165, 1.54) is 12.1 Å². The highest BCUT2D eigenvalue weighted by Crippen LogP contribution is 2.38. The molecule has 1 aliphatic heterocycles. The van der Waals surface area contributed by atoms with Crippen LogP contribution in [0.4, 0.5) is 10.1 Å². The van der Waals surface area contributed by atoms with Gasteiger partial charge in [0.05, 0.1) is 17.8 Å². The lowest BCUT2D eigenvalue weighted by Crippen LogP contribution is -2.41. The van der Waals surface area contributed by atoms with Crippen LogP contribution in [0.15, 0.2) is 17.6 Å². The SMILES string of the molecule is Cc1cc(F)c(C=C(CO)B2OC(C)(C)C(C)(C)O2)cc1N. The molecule has 1 fully saturated rings. The number of aliphatic hydroxyl groups is 1. The number of benzene rings is 1. The first-order chi connectivity index (χ1) is 10.1. The van der Waals surface area contributed by atoms with E-state index in [9.17, 15) is 9.50 Å². The van der Waals surface area contributed by atoms with Crippen LogP contribution < -0.4 is 5.73 Å². The fourth-order valence-electron chi connectivity index (χ4n) is 2.20. The summed E-state index contributed by atoms with van der Waals surface area (Å²) in [6.45, 7) is 9.15. The van der Waals surface area contributed by atoms with Gasteiger partial charge in [-0.15, -0.1) is 0 Å². The molecule has 1 aliphatic rings. The molecule has 4 nitrogen and oxygen atoms in total. The number of aryl methyl sites for hydroxylation is 1. The molecule has 1 aromatic rings. The van der Waals surface area contributed by atoms with Crippen molar-refractivity contribution in [2.45, 2.75) is 45.8 Å². The van der Waals surface area contributed by atoms with Crippen molar-refractivity contribution in [3.8, 4) is 0 Å². The van der Waals surface area contributed by atoms with Crippen molar-refractivity contribution in [2.75, 3.05) is 12.3 Å². The molecule has 3 N–H and O–H groups in total. The van der Waals surface area contributed by atoms with Gasteiger partial charge in [-0.1, -0.05) is 6.08 Å². The summed E-state index contributed by atoms with van der Waals surface area (Å²) in [7, 11) is -0.711. The zero-order valence-corrected chi connectivity index (χ0v) is 13.7. The highest BCUT2D eigenvalue weighted by atomic mass is 19.1. The topological polar surface area (TPSA) is 64.7 Å². The molecule has 6 heteroatoms. The van der Waals surface area contributed by atoms with E-state index in [1.807, 2.05) is 27.7 Å². The van der Waals surface area contributed by atoms with Crippen LogP contribution in [0.2, 0.25) is 0 Å². The van der Waals surface area contributed by atoms with E-state index in [-0.39, 0.29) is 6.61 Å². The third-order valence-electron chi connectivity index (χ3n) is 4.46. The molecule has 1 aromatic carbocycles. The van der Waals surface area contributed by atoms with Gasteiger partial charge in [0.2, 0.25) is 0 Å². The summed E-state index contributed by atoms with van der Waals surface area (Å²) in [6, 6.07) is 2.92. The zero-order chi connectivity index (χ0) is 16.7. The van der Waals surface area contributed by atoms with Crippen molar-refractivity contribution >= 4 is 18.9 Å². The van der Waals surface area contributed by atoms with Gasteiger partial charge in [-0.05, 0) is 57.8 Å². The number of hydrogen-bond acceptors (Lipinski definition) is 4.